The third-order valence-corrected chi connectivity index (χ3v) is 3.03. The number of hydrogen-bond acceptors (Lipinski definition) is 5. The number of hydrogen-bond donors (Lipinski definition) is 1. The Labute approximate surface area is 117 Å². The van der Waals surface area contributed by atoms with Gasteiger partial charge < -0.3 is 10.1 Å². The van der Waals surface area contributed by atoms with Crippen LogP contribution in [0.4, 0.5) is 5.69 Å². The van der Waals surface area contributed by atoms with Gasteiger partial charge in [-0.15, -0.1) is 0 Å². The molecule has 0 aliphatic carbocycles. The van der Waals surface area contributed by atoms with E-state index in [9.17, 15) is 14.9 Å². The Bertz CT molecular complexity index is 549. The van der Waals surface area contributed by atoms with Crippen molar-refractivity contribution in [3.8, 4) is 0 Å². The summed E-state index contributed by atoms with van der Waals surface area (Å²) in [5.41, 5.74) is 1.08. The number of non-ortho nitro benzene ring substituents is 1. The van der Waals surface area contributed by atoms with Gasteiger partial charge in [0.2, 0.25) is 0 Å². The normalized spacial score (nSPS) is 18.2. The molecule has 1 N–H and O–H groups in total. The summed E-state index contributed by atoms with van der Waals surface area (Å²) >= 11 is 0. The van der Waals surface area contributed by atoms with Gasteiger partial charge in [-0.1, -0.05) is 0 Å². The van der Waals surface area contributed by atoms with Crippen molar-refractivity contribution >= 4 is 11.7 Å². The molecule has 1 aliphatic rings. The molecule has 0 saturated heterocycles. The number of nitrogens with zero attached hydrogens (tertiary/aromatic N) is 1. The molecule has 0 amide bonds. The Morgan fingerprint density at radius 2 is 2.15 bits per heavy atom. The van der Waals surface area contributed by atoms with Crippen LogP contribution >= 0.6 is 0 Å². The lowest BCUT2D eigenvalue weighted by Crippen LogP contribution is -2.39. The molecule has 20 heavy (non-hydrogen) atoms. The fourth-order valence-corrected chi connectivity index (χ4v) is 2.24. The number of esters is 1. The van der Waals surface area contributed by atoms with Crippen molar-refractivity contribution in [2.45, 2.75) is 38.8 Å². The van der Waals surface area contributed by atoms with Gasteiger partial charge in [-0.25, -0.2) is 4.79 Å². The third-order valence-electron chi connectivity index (χ3n) is 3.03. The van der Waals surface area contributed by atoms with Gasteiger partial charge in [-0.05, 0) is 44.4 Å². The molecule has 0 spiro atoms. The number of nitro groups is 1. The first-order chi connectivity index (χ1) is 9.28. The number of nitro benzene ring substituents is 1. The second-order valence-electron chi connectivity index (χ2n) is 5.81. The highest BCUT2D eigenvalue weighted by atomic mass is 16.6. The topological polar surface area (TPSA) is 81.5 Å². The highest BCUT2D eigenvalue weighted by molar-refractivity contribution is 5.79. The zero-order valence-corrected chi connectivity index (χ0v) is 11.8. The maximum absolute atomic E-state index is 12.2. The van der Waals surface area contributed by atoms with Crippen LogP contribution in [0, 0.1) is 10.1 Å². The highest BCUT2D eigenvalue weighted by Crippen LogP contribution is 2.28. The van der Waals surface area contributed by atoms with Crippen molar-refractivity contribution < 1.29 is 14.5 Å². The molecule has 0 radical (unpaired) electrons. The molecule has 6 nitrogen and oxygen atoms in total. The zero-order valence-electron chi connectivity index (χ0n) is 11.8. The largest absolute Gasteiger partial charge is 0.459 e. The number of carbonyl (C=O) groups excluding carboxylic acids is 1. The molecule has 1 aliphatic heterocycles. The van der Waals surface area contributed by atoms with Crippen LogP contribution < -0.4 is 5.32 Å². The lowest BCUT2D eigenvalue weighted by molar-refractivity contribution is -0.384. The Balaban J connectivity index is 2.29. The van der Waals surface area contributed by atoms with E-state index < -0.39 is 16.6 Å². The van der Waals surface area contributed by atoms with Crippen molar-refractivity contribution in [3.63, 3.8) is 0 Å². The molecule has 1 heterocycles. The van der Waals surface area contributed by atoms with Crippen molar-refractivity contribution in [3.05, 3.63) is 39.4 Å². The Kier molecular flexibility index (Phi) is 3.76. The average molecular weight is 278 g/mol. The van der Waals surface area contributed by atoms with E-state index in [1.54, 1.807) is 6.07 Å². The Morgan fingerprint density at radius 1 is 1.45 bits per heavy atom. The molecule has 6 heteroatoms. The van der Waals surface area contributed by atoms with Crippen LogP contribution in [0.15, 0.2) is 18.2 Å². The number of nitrogens with one attached hydrogen (secondary N) is 1. The van der Waals surface area contributed by atoms with Gasteiger partial charge in [0.25, 0.3) is 5.69 Å². The number of fused-ring (bicyclic) bond motifs is 1. The first-order valence-electron chi connectivity index (χ1n) is 6.51. The SMILES string of the molecule is CC(C)(C)OC(=O)C1NCCc2cc([N+](=O)[O-])ccc21. The minimum Gasteiger partial charge on any atom is -0.459 e. The van der Waals surface area contributed by atoms with Crippen molar-refractivity contribution in [1.82, 2.24) is 5.32 Å². The quantitative estimate of drug-likeness (QED) is 0.509. The fourth-order valence-electron chi connectivity index (χ4n) is 2.24. The van der Waals surface area contributed by atoms with E-state index in [1.165, 1.54) is 12.1 Å². The van der Waals surface area contributed by atoms with Crippen LogP contribution in [0.5, 0.6) is 0 Å². The highest BCUT2D eigenvalue weighted by Gasteiger charge is 2.31. The number of carbonyl (C=O) groups is 1. The number of benzene rings is 1. The van der Waals surface area contributed by atoms with E-state index in [0.717, 1.165) is 11.1 Å². The summed E-state index contributed by atoms with van der Waals surface area (Å²) in [4.78, 5) is 22.5. The van der Waals surface area contributed by atoms with Crippen LogP contribution in [-0.2, 0) is 16.0 Å². The van der Waals surface area contributed by atoms with E-state index >= 15 is 0 Å². The first-order valence-corrected chi connectivity index (χ1v) is 6.51. The standard InChI is InChI=1S/C14H18N2O4/c1-14(2,3)20-13(17)12-11-5-4-10(16(18)19)8-9(11)6-7-15-12/h4-5,8,12,15H,6-7H2,1-3H3. The summed E-state index contributed by atoms with van der Waals surface area (Å²) in [7, 11) is 0. The lowest BCUT2D eigenvalue weighted by atomic mass is 9.93. The minimum absolute atomic E-state index is 0.0496. The van der Waals surface area contributed by atoms with Gasteiger partial charge in [-0.2, -0.15) is 0 Å². The van der Waals surface area contributed by atoms with Crippen LogP contribution in [0.2, 0.25) is 0 Å². The molecule has 1 atom stereocenters. The number of ether oxygens (including phenoxy) is 1. The summed E-state index contributed by atoms with van der Waals surface area (Å²) in [6, 6.07) is 4.03. The molecular weight excluding hydrogens is 260 g/mol. The van der Waals surface area contributed by atoms with E-state index in [-0.39, 0.29) is 11.7 Å². The van der Waals surface area contributed by atoms with Gasteiger partial charge in [0.05, 0.1) is 4.92 Å². The summed E-state index contributed by atoms with van der Waals surface area (Å²) in [5.74, 6) is -0.354. The smallest absolute Gasteiger partial charge is 0.328 e. The van der Waals surface area contributed by atoms with Crippen LogP contribution in [0.1, 0.15) is 37.9 Å². The van der Waals surface area contributed by atoms with Crippen LogP contribution in [0.3, 0.4) is 0 Å². The van der Waals surface area contributed by atoms with Crippen molar-refractivity contribution in [1.29, 1.82) is 0 Å². The summed E-state index contributed by atoms with van der Waals surface area (Å²) in [6.07, 6.45) is 0.663. The Hall–Kier alpha value is -1.95. The van der Waals surface area contributed by atoms with Gasteiger partial charge in [0.15, 0.2) is 0 Å². The van der Waals surface area contributed by atoms with E-state index in [0.29, 0.717) is 13.0 Å². The molecule has 1 aromatic carbocycles. The molecule has 0 saturated carbocycles. The summed E-state index contributed by atoms with van der Waals surface area (Å²) < 4.78 is 5.38. The van der Waals surface area contributed by atoms with Crippen molar-refractivity contribution in [2.75, 3.05) is 6.54 Å². The predicted molar refractivity (Wildman–Crippen MR) is 73.4 cm³/mol. The average Bonchev–Trinajstić information content (AvgIpc) is 2.35. The van der Waals surface area contributed by atoms with Gasteiger partial charge in [0.1, 0.15) is 11.6 Å². The molecule has 0 fully saturated rings. The first kappa shape index (κ1) is 14.5. The van der Waals surface area contributed by atoms with E-state index in [2.05, 4.69) is 5.32 Å². The summed E-state index contributed by atoms with van der Waals surface area (Å²) in [6.45, 7) is 6.03. The molecule has 108 valence electrons. The van der Waals surface area contributed by atoms with Crippen LogP contribution in [0.25, 0.3) is 0 Å². The Morgan fingerprint density at radius 3 is 2.75 bits per heavy atom. The molecule has 0 bridgehead atoms. The minimum atomic E-state index is -0.558. The maximum atomic E-state index is 12.2. The lowest BCUT2D eigenvalue weighted by Gasteiger charge is -2.28. The molecule has 1 aromatic rings. The second-order valence-corrected chi connectivity index (χ2v) is 5.81. The molecule has 1 unspecified atom stereocenters. The van der Waals surface area contributed by atoms with Crippen LogP contribution in [-0.4, -0.2) is 23.0 Å². The molecule has 2 rings (SSSR count). The molecular formula is C14H18N2O4. The van der Waals surface area contributed by atoms with E-state index in [1.807, 2.05) is 20.8 Å². The van der Waals surface area contributed by atoms with Gasteiger partial charge in [-0.3, -0.25) is 10.1 Å². The second kappa shape index (κ2) is 5.20. The number of rotatable bonds is 2. The van der Waals surface area contributed by atoms with Gasteiger partial charge >= 0.3 is 5.97 Å². The van der Waals surface area contributed by atoms with E-state index in [4.69, 9.17) is 4.74 Å². The zero-order chi connectivity index (χ0) is 14.9. The maximum Gasteiger partial charge on any atom is 0.328 e. The summed E-state index contributed by atoms with van der Waals surface area (Å²) in [5, 5.41) is 13.9. The third kappa shape index (κ3) is 3.14. The fraction of sp³-hybridized carbons (Fsp3) is 0.500. The predicted octanol–water partition coefficient (Wildman–Crippen LogP) is 2.12. The monoisotopic (exact) mass is 278 g/mol. The van der Waals surface area contributed by atoms with Gasteiger partial charge in [0, 0.05) is 18.7 Å². The molecule has 0 aromatic heterocycles. The van der Waals surface area contributed by atoms with Crippen molar-refractivity contribution in [2.24, 2.45) is 0 Å².